The van der Waals surface area contributed by atoms with Gasteiger partial charge in [0.15, 0.2) is 10.8 Å². The minimum Gasteiger partial charge on any atom is -0.265 e. The number of halogens is 1. The van der Waals surface area contributed by atoms with Gasteiger partial charge in [0.25, 0.3) is 0 Å². The van der Waals surface area contributed by atoms with Crippen LogP contribution >= 0.6 is 11.3 Å². The topological polar surface area (TPSA) is 60.9 Å². The molecule has 0 amide bonds. The van der Waals surface area contributed by atoms with Crippen molar-refractivity contribution in [2.75, 3.05) is 0 Å². The largest absolute Gasteiger partial charge is 0.265 e. The highest BCUT2D eigenvalue weighted by atomic mass is 32.1. The second-order valence-corrected chi connectivity index (χ2v) is 5.89. The van der Waals surface area contributed by atoms with Crippen molar-refractivity contribution in [3.8, 4) is 22.1 Å². The van der Waals surface area contributed by atoms with Gasteiger partial charge in [0.2, 0.25) is 4.96 Å². The number of hydrogen-bond acceptors (Lipinski definition) is 5. The molecule has 4 rings (SSSR count). The fraction of sp³-hybridized carbons (Fsp3) is 0.143. The van der Waals surface area contributed by atoms with Gasteiger partial charge in [-0.15, -0.1) is 10.2 Å². The Labute approximate surface area is 128 Å². The van der Waals surface area contributed by atoms with Gasteiger partial charge in [0.05, 0.1) is 11.4 Å². The van der Waals surface area contributed by atoms with Crippen molar-refractivity contribution in [3.63, 3.8) is 0 Å². The first kappa shape index (κ1) is 13.1. The van der Waals surface area contributed by atoms with Crippen molar-refractivity contribution in [1.29, 1.82) is 0 Å². The predicted molar refractivity (Wildman–Crippen MR) is 81.0 cm³/mol. The first-order valence-electron chi connectivity index (χ1n) is 6.61. The van der Waals surface area contributed by atoms with Crippen LogP contribution in [0.2, 0.25) is 0 Å². The van der Waals surface area contributed by atoms with E-state index >= 15 is 0 Å². The molecule has 0 saturated carbocycles. The molecule has 0 radical (unpaired) electrons. The number of aromatic nitrogens is 6. The minimum absolute atomic E-state index is 0.313. The molecule has 0 fully saturated rings. The third-order valence-corrected chi connectivity index (χ3v) is 4.22. The molecular weight excluding hydrogens is 303 g/mol. The van der Waals surface area contributed by atoms with Gasteiger partial charge >= 0.3 is 0 Å². The van der Waals surface area contributed by atoms with E-state index in [0.717, 1.165) is 16.4 Å². The third-order valence-electron chi connectivity index (χ3n) is 3.29. The highest BCUT2D eigenvalue weighted by molar-refractivity contribution is 7.19. The molecule has 0 bridgehead atoms. The molecule has 3 aromatic heterocycles. The molecule has 0 aliphatic carbocycles. The molecular formula is C14H11FN6S. The summed E-state index contributed by atoms with van der Waals surface area (Å²) in [5.41, 5.74) is 2.48. The molecule has 1 aromatic carbocycles. The lowest BCUT2D eigenvalue weighted by molar-refractivity contribution is 0.628. The quantitative estimate of drug-likeness (QED) is 0.571. The molecule has 110 valence electrons. The summed E-state index contributed by atoms with van der Waals surface area (Å²) in [5.74, 6) is 0.211. The monoisotopic (exact) mass is 314 g/mol. The SMILES string of the molecule is Cc1cc(-c2nn3c(-c4cccc(F)c4)nnc3s2)n(C)n1. The van der Waals surface area contributed by atoms with E-state index in [1.165, 1.54) is 23.5 Å². The van der Waals surface area contributed by atoms with Gasteiger partial charge in [-0.25, -0.2) is 4.39 Å². The van der Waals surface area contributed by atoms with E-state index in [0.29, 0.717) is 16.3 Å². The smallest absolute Gasteiger partial charge is 0.235 e. The number of rotatable bonds is 2. The molecule has 0 aliphatic rings. The molecule has 4 aromatic rings. The second kappa shape index (κ2) is 4.70. The van der Waals surface area contributed by atoms with Crippen molar-refractivity contribution in [2.24, 2.45) is 7.05 Å². The van der Waals surface area contributed by atoms with E-state index in [9.17, 15) is 4.39 Å². The Bertz CT molecular complexity index is 982. The summed E-state index contributed by atoms with van der Waals surface area (Å²) in [6, 6.07) is 8.21. The lowest BCUT2D eigenvalue weighted by Gasteiger charge is -1.97. The van der Waals surface area contributed by atoms with Crippen LogP contribution < -0.4 is 0 Å². The van der Waals surface area contributed by atoms with Gasteiger partial charge in [-0.3, -0.25) is 4.68 Å². The highest BCUT2D eigenvalue weighted by Crippen LogP contribution is 2.28. The molecule has 8 heteroatoms. The van der Waals surface area contributed by atoms with Crippen LogP contribution in [-0.4, -0.2) is 29.6 Å². The highest BCUT2D eigenvalue weighted by Gasteiger charge is 2.16. The van der Waals surface area contributed by atoms with Crippen LogP contribution in [0.25, 0.3) is 27.1 Å². The molecule has 22 heavy (non-hydrogen) atoms. The Morgan fingerprint density at radius 1 is 1.14 bits per heavy atom. The van der Waals surface area contributed by atoms with Crippen molar-refractivity contribution < 1.29 is 4.39 Å². The van der Waals surface area contributed by atoms with Crippen LogP contribution in [0, 0.1) is 12.7 Å². The standard InChI is InChI=1S/C14H11FN6S/c1-8-6-11(20(2)18-8)13-19-21-12(16-17-14(21)22-13)9-4-3-5-10(15)7-9/h3-7H,1-2H3. The zero-order valence-corrected chi connectivity index (χ0v) is 12.7. The summed E-state index contributed by atoms with van der Waals surface area (Å²) in [5, 5.41) is 17.9. The Hall–Kier alpha value is -2.61. The summed E-state index contributed by atoms with van der Waals surface area (Å²) in [6.45, 7) is 1.93. The molecule has 0 unspecified atom stereocenters. The zero-order chi connectivity index (χ0) is 15.3. The first-order valence-corrected chi connectivity index (χ1v) is 7.42. The molecule has 0 saturated heterocycles. The Kier molecular flexibility index (Phi) is 2.80. The molecule has 0 N–H and O–H groups in total. The number of benzene rings is 1. The van der Waals surface area contributed by atoms with Crippen LogP contribution in [-0.2, 0) is 7.05 Å². The minimum atomic E-state index is -0.313. The molecule has 0 atom stereocenters. The van der Waals surface area contributed by atoms with E-state index in [4.69, 9.17) is 0 Å². The van der Waals surface area contributed by atoms with Gasteiger partial charge in [0.1, 0.15) is 5.82 Å². The number of hydrogen-bond donors (Lipinski definition) is 0. The summed E-state index contributed by atoms with van der Waals surface area (Å²) in [4.78, 5) is 0.660. The Morgan fingerprint density at radius 3 is 2.73 bits per heavy atom. The molecule has 0 spiro atoms. The lowest BCUT2D eigenvalue weighted by Crippen LogP contribution is -1.95. The maximum atomic E-state index is 13.4. The molecule has 6 nitrogen and oxygen atoms in total. The van der Waals surface area contributed by atoms with Crippen LogP contribution in [0.1, 0.15) is 5.69 Å². The summed E-state index contributed by atoms with van der Waals surface area (Å²) >= 11 is 1.42. The van der Waals surface area contributed by atoms with Crippen LogP contribution in [0.4, 0.5) is 4.39 Å². The maximum Gasteiger partial charge on any atom is 0.235 e. The normalized spacial score (nSPS) is 11.4. The molecule has 0 aliphatic heterocycles. The van der Waals surface area contributed by atoms with Gasteiger partial charge in [-0.05, 0) is 25.1 Å². The third kappa shape index (κ3) is 2.00. The average Bonchev–Trinajstić information content (AvgIpc) is 3.12. The lowest BCUT2D eigenvalue weighted by atomic mass is 10.2. The van der Waals surface area contributed by atoms with E-state index in [1.807, 2.05) is 20.0 Å². The van der Waals surface area contributed by atoms with E-state index in [-0.39, 0.29) is 5.82 Å². The number of nitrogens with zero attached hydrogens (tertiary/aromatic N) is 6. The van der Waals surface area contributed by atoms with E-state index < -0.39 is 0 Å². The van der Waals surface area contributed by atoms with Crippen molar-refractivity contribution >= 4 is 16.3 Å². The summed E-state index contributed by atoms with van der Waals surface area (Å²) < 4.78 is 16.8. The predicted octanol–water partition coefficient (Wildman–Crippen LogP) is 2.70. The second-order valence-electron chi connectivity index (χ2n) is 4.93. The van der Waals surface area contributed by atoms with Crippen LogP contribution in [0.15, 0.2) is 30.3 Å². The first-order chi connectivity index (χ1) is 10.6. The zero-order valence-electron chi connectivity index (χ0n) is 11.9. The Morgan fingerprint density at radius 2 is 2.00 bits per heavy atom. The number of fused-ring (bicyclic) bond motifs is 1. The van der Waals surface area contributed by atoms with Crippen LogP contribution in [0.5, 0.6) is 0 Å². The van der Waals surface area contributed by atoms with Crippen LogP contribution in [0.3, 0.4) is 0 Å². The van der Waals surface area contributed by atoms with E-state index in [2.05, 4.69) is 20.4 Å². The maximum absolute atomic E-state index is 13.4. The van der Waals surface area contributed by atoms with Gasteiger partial charge in [-0.1, -0.05) is 23.5 Å². The summed E-state index contributed by atoms with van der Waals surface area (Å²) in [7, 11) is 1.87. The fourth-order valence-corrected chi connectivity index (χ4v) is 3.23. The molecule has 3 heterocycles. The van der Waals surface area contributed by atoms with Crippen molar-refractivity contribution in [3.05, 3.63) is 41.8 Å². The number of aryl methyl sites for hydroxylation is 2. The fourth-order valence-electron chi connectivity index (χ4n) is 2.34. The van der Waals surface area contributed by atoms with Crippen molar-refractivity contribution in [1.82, 2.24) is 29.6 Å². The van der Waals surface area contributed by atoms with Crippen molar-refractivity contribution in [2.45, 2.75) is 6.92 Å². The van der Waals surface area contributed by atoms with Gasteiger partial charge in [0, 0.05) is 12.6 Å². The van der Waals surface area contributed by atoms with Gasteiger partial charge < -0.3 is 0 Å². The average molecular weight is 314 g/mol. The summed E-state index contributed by atoms with van der Waals surface area (Å²) in [6.07, 6.45) is 0. The Balaban J connectivity index is 1.88. The van der Waals surface area contributed by atoms with Gasteiger partial charge in [-0.2, -0.15) is 14.7 Å². The van der Waals surface area contributed by atoms with E-state index in [1.54, 1.807) is 21.3 Å².